The van der Waals surface area contributed by atoms with Gasteiger partial charge in [-0.2, -0.15) is 0 Å². The molecule has 0 aliphatic carbocycles. The topological polar surface area (TPSA) is 50.7 Å². The Morgan fingerprint density at radius 1 is 1.24 bits per heavy atom. The summed E-state index contributed by atoms with van der Waals surface area (Å²) in [7, 11) is 0. The van der Waals surface area contributed by atoms with Crippen molar-refractivity contribution in [1.82, 2.24) is 5.32 Å². The van der Waals surface area contributed by atoms with Crippen molar-refractivity contribution < 1.29 is 14.6 Å². The zero-order valence-electron chi connectivity index (χ0n) is 11.3. The Morgan fingerprint density at radius 3 is 2.81 bits per heavy atom. The van der Waals surface area contributed by atoms with E-state index in [1.807, 2.05) is 29.6 Å². The summed E-state index contributed by atoms with van der Waals surface area (Å²) in [6.45, 7) is 2.35. The van der Waals surface area contributed by atoms with Crippen molar-refractivity contribution in [1.29, 1.82) is 0 Å². The van der Waals surface area contributed by atoms with Crippen LogP contribution in [-0.2, 0) is 6.54 Å². The molecule has 0 amide bonds. The van der Waals surface area contributed by atoms with Crippen molar-refractivity contribution in [2.24, 2.45) is 0 Å². The Kier molecular flexibility index (Phi) is 4.80. The van der Waals surface area contributed by atoms with Gasteiger partial charge < -0.3 is 19.9 Å². The summed E-state index contributed by atoms with van der Waals surface area (Å²) in [5.74, 6) is 1.45. The van der Waals surface area contributed by atoms with Crippen molar-refractivity contribution in [3.63, 3.8) is 0 Å². The SMILES string of the molecule is OC(CNCc1sccc1Br)c1ccc2c(c1)OCCO2. The van der Waals surface area contributed by atoms with Crippen molar-refractivity contribution >= 4 is 27.3 Å². The summed E-state index contributed by atoms with van der Waals surface area (Å²) in [5.41, 5.74) is 0.831. The van der Waals surface area contributed by atoms with Gasteiger partial charge in [-0.1, -0.05) is 6.07 Å². The lowest BCUT2D eigenvalue weighted by Crippen LogP contribution is -2.21. The minimum absolute atomic E-state index is 0.490. The van der Waals surface area contributed by atoms with E-state index < -0.39 is 6.10 Å². The molecule has 1 atom stereocenters. The Labute approximate surface area is 135 Å². The van der Waals surface area contributed by atoms with E-state index in [0.29, 0.717) is 25.5 Å². The highest BCUT2D eigenvalue weighted by Crippen LogP contribution is 2.32. The molecule has 1 aliphatic rings. The number of hydrogen-bond donors (Lipinski definition) is 2. The normalized spacial score (nSPS) is 15.0. The Balaban J connectivity index is 1.58. The number of aliphatic hydroxyl groups excluding tert-OH is 1. The molecule has 21 heavy (non-hydrogen) atoms. The van der Waals surface area contributed by atoms with Crippen LogP contribution in [0.25, 0.3) is 0 Å². The van der Waals surface area contributed by atoms with Crippen molar-refractivity contribution in [3.8, 4) is 11.5 Å². The fraction of sp³-hybridized carbons (Fsp3) is 0.333. The third kappa shape index (κ3) is 3.58. The van der Waals surface area contributed by atoms with Gasteiger partial charge in [0.1, 0.15) is 13.2 Å². The molecule has 4 nitrogen and oxygen atoms in total. The summed E-state index contributed by atoms with van der Waals surface area (Å²) in [4.78, 5) is 1.23. The van der Waals surface area contributed by atoms with E-state index in [2.05, 4.69) is 21.2 Å². The number of rotatable bonds is 5. The van der Waals surface area contributed by atoms with E-state index in [1.165, 1.54) is 4.88 Å². The Hall–Kier alpha value is -1.08. The molecule has 0 fully saturated rings. The number of ether oxygens (including phenoxy) is 2. The number of aliphatic hydroxyl groups is 1. The highest BCUT2D eigenvalue weighted by molar-refractivity contribution is 9.10. The van der Waals surface area contributed by atoms with Crippen LogP contribution in [0, 0.1) is 0 Å². The summed E-state index contributed by atoms with van der Waals surface area (Å²) < 4.78 is 12.1. The van der Waals surface area contributed by atoms with E-state index >= 15 is 0 Å². The Morgan fingerprint density at radius 2 is 2.05 bits per heavy atom. The molecule has 2 N–H and O–H groups in total. The van der Waals surface area contributed by atoms with Crippen molar-refractivity contribution in [2.45, 2.75) is 12.6 Å². The molecular formula is C15H16BrNO3S. The summed E-state index contributed by atoms with van der Waals surface area (Å²) in [6, 6.07) is 7.60. The largest absolute Gasteiger partial charge is 0.486 e. The number of halogens is 1. The van der Waals surface area contributed by atoms with E-state index in [9.17, 15) is 5.11 Å². The zero-order valence-corrected chi connectivity index (χ0v) is 13.7. The minimum Gasteiger partial charge on any atom is -0.486 e. The summed E-state index contributed by atoms with van der Waals surface area (Å²) in [6.07, 6.45) is -0.570. The van der Waals surface area contributed by atoms with E-state index in [1.54, 1.807) is 11.3 Å². The zero-order chi connectivity index (χ0) is 14.7. The van der Waals surface area contributed by atoms with Gasteiger partial charge in [0.05, 0.1) is 6.10 Å². The monoisotopic (exact) mass is 369 g/mol. The van der Waals surface area contributed by atoms with Crippen molar-refractivity contribution in [3.05, 3.63) is 44.6 Å². The highest BCUT2D eigenvalue weighted by atomic mass is 79.9. The van der Waals surface area contributed by atoms with Crippen LogP contribution in [0.4, 0.5) is 0 Å². The molecule has 1 aliphatic heterocycles. The van der Waals surface area contributed by atoms with Gasteiger partial charge in [0, 0.05) is 22.4 Å². The number of thiophene rings is 1. The maximum atomic E-state index is 10.3. The van der Waals surface area contributed by atoms with Gasteiger partial charge >= 0.3 is 0 Å². The van der Waals surface area contributed by atoms with Crippen LogP contribution in [-0.4, -0.2) is 24.9 Å². The maximum absolute atomic E-state index is 10.3. The van der Waals surface area contributed by atoms with Crippen LogP contribution < -0.4 is 14.8 Å². The lowest BCUT2D eigenvalue weighted by molar-refractivity contribution is 0.163. The van der Waals surface area contributed by atoms with Gasteiger partial charge in [0.15, 0.2) is 11.5 Å². The smallest absolute Gasteiger partial charge is 0.161 e. The molecule has 112 valence electrons. The first-order valence-electron chi connectivity index (χ1n) is 6.74. The molecule has 0 bridgehead atoms. The molecule has 2 aromatic rings. The second kappa shape index (κ2) is 6.79. The predicted molar refractivity (Wildman–Crippen MR) is 86.1 cm³/mol. The quantitative estimate of drug-likeness (QED) is 0.849. The second-order valence-electron chi connectivity index (χ2n) is 4.74. The maximum Gasteiger partial charge on any atom is 0.161 e. The van der Waals surface area contributed by atoms with Crippen LogP contribution in [0.15, 0.2) is 34.1 Å². The molecule has 1 aromatic carbocycles. The molecule has 1 aromatic heterocycles. The molecule has 0 radical (unpaired) electrons. The van der Waals surface area contributed by atoms with Gasteiger partial charge in [0.2, 0.25) is 0 Å². The van der Waals surface area contributed by atoms with E-state index in [0.717, 1.165) is 22.3 Å². The first-order valence-corrected chi connectivity index (χ1v) is 8.41. The summed E-state index contributed by atoms with van der Waals surface area (Å²) in [5, 5.41) is 15.6. The molecule has 6 heteroatoms. The predicted octanol–water partition coefficient (Wildman–Crippen LogP) is 3.11. The van der Waals surface area contributed by atoms with Crippen LogP contribution in [0.3, 0.4) is 0 Å². The number of nitrogens with one attached hydrogen (secondary N) is 1. The molecule has 0 saturated heterocycles. The van der Waals surface area contributed by atoms with Crippen LogP contribution >= 0.6 is 27.3 Å². The van der Waals surface area contributed by atoms with Gasteiger partial charge in [0.25, 0.3) is 0 Å². The van der Waals surface area contributed by atoms with Gasteiger partial charge in [-0.05, 0) is 45.1 Å². The first-order chi connectivity index (χ1) is 10.2. The summed E-state index contributed by atoms with van der Waals surface area (Å²) >= 11 is 5.19. The number of hydrogen-bond acceptors (Lipinski definition) is 5. The van der Waals surface area contributed by atoms with Gasteiger partial charge in [-0.3, -0.25) is 0 Å². The molecule has 0 spiro atoms. The number of fused-ring (bicyclic) bond motifs is 1. The van der Waals surface area contributed by atoms with Crippen LogP contribution in [0.1, 0.15) is 16.5 Å². The lowest BCUT2D eigenvalue weighted by Gasteiger charge is -2.20. The average Bonchev–Trinajstić information content (AvgIpc) is 2.92. The van der Waals surface area contributed by atoms with Crippen molar-refractivity contribution in [2.75, 3.05) is 19.8 Å². The fourth-order valence-electron chi connectivity index (χ4n) is 2.16. The molecular weight excluding hydrogens is 354 g/mol. The molecule has 0 saturated carbocycles. The highest BCUT2D eigenvalue weighted by Gasteiger charge is 2.15. The third-order valence-electron chi connectivity index (χ3n) is 3.27. The van der Waals surface area contributed by atoms with Gasteiger partial charge in [-0.15, -0.1) is 11.3 Å². The second-order valence-corrected chi connectivity index (χ2v) is 6.60. The Bertz CT molecular complexity index is 617. The van der Waals surface area contributed by atoms with Crippen LogP contribution in [0.2, 0.25) is 0 Å². The fourth-order valence-corrected chi connectivity index (χ4v) is 3.62. The first kappa shape index (κ1) is 14.8. The molecule has 1 unspecified atom stereocenters. The van der Waals surface area contributed by atoms with E-state index in [-0.39, 0.29) is 0 Å². The standard InChI is InChI=1S/C15H16BrNO3S/c16-11-3-6-21-15(11)9-17-8-12(18)10-1-2-13-14(7-10)20-5-4-19-13/h1-3,6-7,12,17-18H,4-5,8-9H2. The third-order valence-corrected chi connectivity index (χ3v) is 5.19. The van der Waals surface area contributed by atoms with E-state index in [4.69, 9.17) is 9.47 Å². The lowest BCUT2D eigenvalue weighted by atomic mass is 10.1. The number of benzene rings is 1. The van der Waals surface area contributed by atoms with Gasteiger partial charge in [-0.25, -0.2) is 0 Å². The minimum atomic E-state index is -0.570. The molecule has 3 rings (SSSR count). The van der Waals surface area contributed by atoms with Crippen LogP contribution in [0.5, 0.6) is 11.5 Å². The average molecular weight is 370 g/mol. The molecule has 2 heterocycles.